The van der Waals surface area contributed by atoms with E-state index in [0.717, 1.165) is 32.1 Å². The number of nitrogens with two attached hydrogens (primary N) is 1. The predicted octanol–water partition coefficient (Wildman–Crippen LogP) is 2.22. The van der Waals surface area contributed by atoms with Gasteiger partial charge in [0.25, 0.3) is 5.91 Å². The minimum atomic E-state index is -0.229. The molecule has 5 N–H and O–H groups in total. The zero-order valence-electron chi connectivity index (χ0n) is 13.6. The molecule has 2 rings (SSSR count). The standard InChI is InChI=1S/C17H26N4O2/c1-2-3-6-15(11-18)19-16(22)12-5-4-7-14(10-12)21-17(23)20-13-8-9-13/h4-5,7,10,13,15H,2-3,6,8-9,11,18H2,1H3,(H,19,22)(H2,20,21,23). The summed E-state index contributed by atoms with van der Waals surface area (Å²) in [6.07, 6.45) is 5.05. The fourth-order valence-electron chi connectivity index (χ4n) is 2.29. The van der Waals surface area contributed by atoms with Crippen LogP contribution in [0, 0.1) is 0 Å². The van der Waals surface area contributed by atoms with E-state index < -0.39 is 0 Å². The summed E-state index contributed by atoms with van der Waals surface area (Å²) >= 11 is 0. The van der Waals surface area contributed by atoms with Crippen molar-refractivity contribution in [2.45, 2.75) is 51.1 Å². The minimum Gasteiger partial charge on any atom is -0.348 e. The number of carbonyl (C=O) groups is 2. The third-order valence-corrected chi connectivity index (χ3v) is 3.82. The second-order valence-corrected chi connectivity index (χ2v) is 6.00. The summed E-state index contributed by atoms with van der Waals surface area (Å²) in [7, 11) is 0. The largest absolute Gasteiger partial charge is 0.348 e. The maximum atomic E-state index is 12.3. The van der Waals surface area contributed by atoms with Crippen LogP contribution in [0.5, 0.6) is 0 Å². The lowest BCUT2D eigenvalue weighted by Gasteiger charge is -2.17. The number of nitrogens with one attached hydrogen (secondary N) is 3. The molecular formula is C17H26N4O2. The predicted molar refractivity (Wildman–Crippen MR) is 91.5 cm³/mol. The van der Waals surface area contributed by atoms with Gasteiger partial charge in [-0.25, -0.2) is 4.79 Å². The molecular weight excluding hydrogens is 292 g/mol. The quantitative estimate of drug-likeness (QED) is 0.592. The highest BCUT2D eigenvalue weighted by atomic mass is 16.2. The molecule has 1 aromatic carbocycles. The Balaban J connectivity index is 1.91. The zero-order valence-corrected chi connectivity index (χ0v) is 13.6. The van der Waals surface area contributed by atoms with E-state index in [2.05, 4.69) is 22.9 Å². The summed E-state index contributed by atoms with van der Waals surface area (Å²) in [4.78, 5) is 24.1. The van der Waals surface area contributed by atoms with Crippen LogP contribution in [0.1, 0.15) is 49.4 Å². The van der Waals surface area contributed by atoms with Crippen LogP contribution >= 0.6 is 0 Å². The van der Waals surface area contributed by atoms with E-state index in [1.165, 1.54) is 0 Å². The van der Waals surface area contributed by atoms with Crippen molar-refractivity contribution >= 4 is 17.6 Å². The van der Waals surface area contributed by atoms with Crippen molar-refractivity contribution in [1.82, 2.24) is 10.6 Å². The monoisotopic (exact) mass is 318 g/mol. The van der Waals surface area contributed by atoms with Crippen LogP contribution in [0.3, 0.4) is 0 Å². The van der Waals surface area contributed by atoms with Gasteiger partial charge in [0.15, 0.2) is 0 Å². The Morgan fingerprint density at radius 1 is 1.35 bits per heavy atom. The number of urea groups is 1. The second kappa shape index (κ2) is 8.53. The molecule has 1 saturated carbocycles. The van der Waals surface area contributed by atoms with Crippen LogP contribution < -0.4 is 21.7 Å². The minimum absolute atomic E-state index is 0.0165. The molecule has 0 bridgehead atoms. The molecule has 1 aromatic rings. The average Bonchev–Trinajstić information content (AvgIpc) is 3.35. The van der Waals surface area contributed by atoms with Crippen molar-refractivity contribution in [3.8, 4) is 0 Å². The molecule has 0 aliphatic heterocycles. The van der Waals surface area contributed by atoms with Gasteiger partial charge in [0.2, 0.25) is 0 Å². The first-order valence-electron chi connectivity index (χ1n) is 8.31. The van der Waals surface area contributed by atoms with Gasteiger partial charge < -0.3 is 21.7 Å². The van der Waals surface area contributed by atoms with Crippen LogP contribution in [-0.4, -0.2) is 30.6 Å². The first-order chi connectivity index (χ1) is 11.1. The van der Waals surface area contributed by atoms with Gasteiger partial charge in [-0.2, -0.15) is 0 Å². The van der Waals surface area contributed by atoms with Crippen molar-refractivity contribution in [2.24, 2.45) is 5.73 Å². The van der Waals surface area contributed by atoms with Gasteiger partial charge in [0.05, 0.1) is 0 Å². The summed E-state index contributed by atoms with van der Waals surface area (Å²) < 4.78 is 0. The maximum Gasteiger partial charge on any atom is 0.319 e. The molecule has 23 heavy (non-hydrogen) atoms. The van der Waals surface area contributed by atoms with Gasteiger partial charge in [0.1, 0.15) is 0 Å². The number of rotatable bonds is 8. The first kappa shape index (κ1) is 17.3. The Morgan fingerprint density at radius 3 is 2.78 bits per heavy atom. The van der Waals surface area contributed by atoms with E-state index in [1.54, 1.807) is 24.3 Å². The van der Waals surface area contributed by atoms with Gasteiger partial charge in [-0.05, 0) is 37.5 Å². The number of hydrogen-bond donors (Lipinski definition) is 4. The highest BCUT2D eigenvalue weighted by Crippen LogP contribution is 2.19. The lowest BCUT2D eigenvalue weighted by molar-refractivity contribution is 0.0935. The van der Waals surface area contributed by atoms with E-state index in [9.17, 15) is 9.59 Å². The van der Waals surface area contributed by atoms with Gasteiger partial charge in [0, 0.05) is 29.9 Å². The van der Waals surface area contributed by atoms with Crippen molar-refractivity contribution in [1.29, 1.82) is 0 Å². The number of unbranched alkanes of at least 4 members (excludes halogenated alkanes) is 1. The van der Waals surface area contributed by atoms with E-state index in [1.807, 2.05) is 0 Å². The number of carbonyl (C=O) groups excluding carboxylic acids is 2. The number of amides is 3. The van der Waals surface area contributed by atoms with Crippen molar-refractivity contribution in [2.75, 3.05) is 11.9 Å². The molecule has 6 heteroatoms. The second-order valence-electron chi connectivity index (χ2n) is 6.00. The van der Waals surface area contributed by atoms with Crippen molar-refractivity contribution in [3.63, 3.8) is 0 Å². The van der Waals surface area contributed by atoms with E-state index in [0.29, 0.717) is 23.8 Å². The topological polar surface area (TPSA) is 96.2 Å². The van der Waals surface area contributed by atoms with Crippen LogP contribution in [0.15, 0.2) is 24.3 Å². The molecule has 0 heterocycles. The molecule has 0 saturated heterocycles. The smallest absolute Gasteiger partial charge is 0.319 e. The molecule has 3 amide bonds. The fourth-order valence-corrected chi connectivity index (χ4v) is 2.29. The van der Waals surface area contributed by atoms with Crippen LogP contribution in [-0.2, 0) is 0 Å². The van der Waals surface area contributed by atoms with Crippen LogP contribution in [0.4, 0.5) is 10.5 Å². The molecule has 126 valence electrons. The summed E-state index contributed by atoms with van der Waals surface area (Å²) in [5, 5.41) is 8.55. The molecule has 1 fully saturated rings. The molecule has 1 unspecified atom stereocenters. The Morgan fingerprint density at radius 2 is 2.13 bits per heavy atom. The number of hydrogen-bond acceptors (Lipinski definition) is 3. The zero-order chi connectivity index (χ0) is 16.7. The highest BCUT2D eigenvalue weighted by Gasteiger charge is 2.23. The van der Waals surface area contributed by atoms with Gasteiger partial charge in [-0.3, -0.25) is 4.79 Å². The Labute approximate surface area is 137 Å². The Hall–Kier alpha value is -2.08. The summed E-state index contributed by atoms with van der Waals surface area (Å²) in [6, 6.07) is 6.98. The van der Waals surface area contributed by atoms with Gasteiger partial charge >= 0.3 is 6.03 Å². The molecule has 1 aliphatic rings. The molecule has 1 atom stereocenters. The average molecular weight is 318 g/mol. The Bertz CT molecular complexity index is 543. The third-order valence-electron chi connectivity index (χ3n) is 3.82. The third kappa shape index (κ3) is 5.90. The number of benzene rings is 1. The molecule has 0 spiro atoms. The van der Waals surface area contributed by atoms with Crippen LogP contribution in [0.2, 0.25) is 0 Å². The van der Waals surface area contributed by atoms with E-state index in [-0.39, 0.29) is 18.0 Å². The van der Waals surface area contributed by atoms with Crippen LogP contribution in [0.25, 0.3) is 0 Å². The molecule has 0 radical (unpaired) electrons. The summed E-state index contributed by atoms with van der Waals surface area (Å²) in [5.41, 5.74) is 6.83. The highest BCUT2D eigenvalue weighted by molar-refractivity contribution is 5.97. The van der Waals surface area contributed by atoms with E-state index in [4.69, 9.17) is 5.73 Å². The van der Waals surface area contributed by atoms with Gasteiger partial charge in [-0.1, -0.05) is 25.8 Å². The maximum absolute atomic E-state index is 12.3. The summed E-state index contributed by atoms with van der Waals surface area (Å²) in [6.45, 7) is 2.53. The van der Waals surface area contributed by atoms with Crippen molar-refractivity contribution in [3.05, 3.63) is 29.8 Å². The van der Waals surface area contributed by atoms with E-state index >= 15 is 0 Å². The fraction of sp³-hybridized carbons (Fsp3) is 0.529. The lowest BCUT2D eigenvalue weighted by Crippen LogP contribution is -2.40. The Kier molecular flexibility index (Phi) is 6.40. The molecule has 6 nitrogen and oxygen atoms in total. The van der Waals surface area contributed by atoms with Gasteiger partial charge in [-0.15, -0.1) is 0 Å². The number of anilines is 1. The first-order valence-corrected chi connectivity index (χ1v) is 8.31. The lowest BCUT2D eigenvalue weighted by atomic mass is 10.1. The van der Waals surface area contributed by atoms with Crippen molar-refractivity contribution < 1.29 is 9.59 Å². The normalized spacial score (nSPS) is 14.9. The molecule has 0 aromatic heterocycles. The SMILES string of the molecule is CCCCC(CN)NC(=O)c1cccc(NC(=O)NC2CC2)c1. The molecule has 1 aliphatic carbocycles. The summed E-state index contributed by atoms with van der Waals surface area (Å²) in [5.74, 6) is -0.164.